The van der Waals surface area contributed by atoms with Crippen LogP contribution in [0.5, 0.6) is 0 Å². The Morgan fingerprint density at radius 3 is 2.53 bits per heavy atom. The van der Waals surface area contributed by atoms with Gasteiger partial charge in [-0.25, -0.2) is 0 Å². The molecule has 2 aromatic rings. The van der Waals surface area contributed by atoms with Gasteiger partial charge >= 0.3 is 0 Å². The number of anilines is 1. The highest BCUT2D eigenvalue weighted by molar-refractivity contribution is 5.65. The van der Waals surface area contributed by atoms with Gasteiger partial charge in [-0.05, 0) is 36.5 Å². The number of benzene rings is 1. The van der Waals surface area contributed by atoms with Gasteiger partial charge < -0.3 is 5.73 Å². The van der Waals surface area contributed by atoms with Crippen LogP contribution in [0, 0.1) is 0 Å². The van der Waals surface area contributed by atoms with E-state index in [1.807, 2.05) is 12.1 Å². The molecule has 0 radical (unpaired) electrons. The number of nitrogen functional groups attached to an aromatic ring is 1. The van der Waals surface area contributed by atoms with Crippen molar-refractivity contribution in [1.82, 2.24) is 4.98 Å². The van der Waals surface area contributed by atoms with E-state index in [0.717, 1.165) is 17.3 Å². The molecule has 1 saturated carbocycles. The quantitative estimate of drug-likeness (QED) is 0.846. The average Bonchev–Trinajstić information content (AvgIpc) is 2.29. The molecule has 0 aliphatic heterocycles. The molecule has 1 aliphatic rings. The van der Waals surface area contributed by atoms with Crippen molar-refractivity contribution in [1.29, 1.82) is 0 Å². The number of rotatable bonds is 2. The summed E-state index contributed by atoms with van der Waals surface area (Å²) in [4.78, 5) is 4.42. The molecule has 1 fully saturated rings. The minimum absolute atomic E-state index is 0.717. The highest BCUT2D eigenvalue weighted by Gasteiger charge is 2.22. The molecule has 2 heteroatoms. The van der Waals surface area contributed by atoms with Gasteiger partial charge in [0.15, 0.2) is 0 Å². The first-order valence-electron chi connectivity index (χ1n) is 6.15. The molecule has 0 atom stereocenters. The highest BCUT2D eigenvalue weighted by atomic mass is 14.7. The van der Waals surface area contributed by atoms with Crippen molar-refractivity contribution in [2.24, 2.45) is 0 Å². The van der Waals surface area contributed by atoms with Crippen LogP contribution >= 0.6 is 0 Å². The molecule has 86 valence electrons. The molecule has 3 rings (SSSR count). The van der Waals surface area contributed by atoms with E-state index in [4.69, 9.17) is 5.73 Å². The summed E-state index contributed by atoms with van der Waals surface area (Å²) in [6.07, 6.45) is 5.71. The Labute approximate surface area is 102 Å². The van der Waals surface area contributed by atoms with Gasteiger partial charge in [-0.1, -0.05) is 30.7 Å². The summed E-state index contributed by atoms with van der Waals surface area (Å²) in [6.45, 7) is 0. The van der Waals surface area contributed by atoms with Crippen molar-refractivity contribution in [3.05, 3.63) is 48.2 Å². The van der Waals surface area contributed by atoms with Gasteiger partial charge in [-0.2, -0.15) is 0 Å². The Kier molecular flexibility index (Phi) is 2.56. The number of hydrogen-bond acceptors (Lipinski definition) is 2. The fraction of sp³-hybridized carbons (Fsp3) is 0.267. The van der Waals surface area contributed by atoms with Crippen molar-refractivity contribution in [2.45, 2.75) is 25.2 Å². The maximum Gasteiger partial charge on any atom is 0.0706 e. The zero-order valence-electron chi connectivity index (χ0n) is 9.76. The van der Waals surface area contributed by atoms with Gasteiger partial charge in [0.05, 0.1) is 17.6 Å². The van der Waals surface area contributed by atoms with Gasteiger partial charge in [0.1, 0.15) is 0 Å². The topological polar surface area (TPSA) is 38.9 Å². The van der Waals surface area contributed by atoms with Crippen LogP contribution in [0.2, 0.25) is 0 Å². The Hall–Kier alpha value is -1.83. The van der Waals surface area contributed by atoms with Crippen molar-refractivity contribution in [3.63, 3.8) is 0 Å². The summed E-state index contributed by atoms with van der Waals surface area (Å²) in [5.74, 6) is 0.727. The Morgan fingerprint density at radius 1 is 1.06 bits per heavy atom. The van der Waals surface area contributed by atoms with Crippen LogP contribution in [0.25, 0.3) is 11.3 Å². The molecule has 0 amide bonds. The SMILES string of the molecule is Nc1ccc(-c2ccccc2C2CCC2)nc1. The minimum Gasteiger partial charge on any atom is -0.397 e. The first-order valence-corrected chi connectivity index (χ1v) is 6.15. The third-order valence-electron chi connectivity index (χ3n) is 3.57. The second-order valence-corrected chi connectivity index (χ2v) is 4.69. The van der Waals surface area contributed by atoms with Crippen LogP contribution < -0.4 is 5.73 Å². The number of pyridine rings is 1. The van der Waals surface area contributed by atoms with Gasteiger partial charge in [-0.3, -0.25) is 4.98 Å². The summed E-state index contributed by atoms with van der Waals surface area (Å²) in [5.41, 5.74) is 10.1. The molecule has 0 unspecified atom stereocenters. The fourth-order valence-corrected chi connectivity index (χ4v) is 2.37. The fourth-order valence-electron chi connectivity index (χ4n) is 2.37. The molecule has 0 bridgehead atoms. The lowest BCUT2D eigenvalue weighted by Gasteiger charge is -2.27. The number of hydrogen-bond donors (Lipinski definition) is 1. The van der Waals surface area contributed by atoms with Crippen molar-refractivity contribution in [2.75, 3.05) is 5.73 Å². The lowest BCUT2D eigenvalue weighted by Crippen LogP contribution is -2.10. The molecule has 1 aromatic heterocycles. The van der Waals surface area contributed by atoms with Crippen LogP contribution in [0.3, 0.4) is 0 Å². The molecule has 17 heavy (non-hydrogen) atoms. The third-order valence-corrected chi connectivity index (χ3v) is 3.57. The summed E-state index contributed by atoms with van der Waals surface area (Å²) in [7, 11) is 0. The molecule has 1 heterocycles. The smallest absolute Gasteiger partial charge is 0.0706 e. The van der Waals surface area contributed by atoms with E-state index in [1.54, 1.807) is 6.20 Å². The Morgan fingerprint density at radius 2 is 1.88 bits per heavy atom. The number of nitrogens with zero attached hydrogens (tertiary/aromatic N) is 1. The largest absolute Gasteiger partial charge is 0.397 e. The van der Waals surface area contributed by atoms with Crippen LogP contribution in [0.4, 0.5) is 5.69 Å². The Balaban J connectivity index is 2.04. The van der Waals surface area contributed by atoms with Gasteiger partial charge in [0, 0.05) is 5.56 Å². The second kappa shape index (κ2) is 4.21. The van der Waals surface area contributed by atoms with Crippen LogP contribution in [0.1, 0.15) is 30.7 Å². The molecule has 2 N–H and O–H groups in total. The molecule has 0 saturated heterocycles. The first-order chi connectivity index (χ1) is 8.34. The van der Waals surface area contributed by atoms with Gasteiger partial charge in [0.2, 0.25) is 0 Å². The zero-order chi connectivity index (χ0) is 11.7. The van der Waals surface area contributed by atoms with E-state index in [9.17, 15) is 0 Å². The van der Waals surface area contributed by atoms with Crippen molar-refractivity contribution >= 4 is 5.69 Å². The van der Waals surface area contributed by atoms with Gasteiger partial charge in [0.25, 0.3) is 0 Å². The first kappa shape index (κ1) is 10.3. The lowest BCUT2D eigenvalue weighted by atomic mass is 9.78. The minimum atomic E-state index is 0.717. The predicted octanol–water partition coefficient (Wildman–Crippen LogP) is 3.60. The summed E-state index contributed by atoms with van der Waals surface area (Å²) < 4.78 is 0. The average molecular weight is 224 g/mol. The van der Waals surface area contributed by atoms with E-state index >= 15 is 0 Å². The van der Waals surface area contributed by atoms with Gasteiger partial charge in [-0.15, -0.1) is 0 Å². The van der Waals surface area contributed by atoms with E-state index in [-0.39, 0.29) is 0 Å². The number of nitrogens with two attached hydrogens (primary N) is 1. The predicted molar refractivity (Wildman–Crippen MR) is 70.7 cm³/mol. The number of aromatic nitrogens is 1. The van der Waals surface area contributed by atoms with Crippen LogP contribution in [-0.4, -0.2) is 4.98 Å². The van der Waals surface area contributed by atoms with E-state index in [2.05, 4.69) is 29.2 Å². The standard InChI is InChI=1S/C15H16N2/c16-12-8-9-15(17-10-12)14-7-2-1-6-13(14)11-4-3-5-11/h1-2,6-11H,3-5,16H2. The zero-order valence-corrected chi connectivity index (χ0v) is 9.76. The van der Waals surface area contributed by atoms with Crippen LogP contribution in [0.15, 0.2) is 42.6 Å². The van der Waals surface area contributed by atoms with E-state index in [0.29, 0.717) is 0 Å². The Bertz CT molecular complexity index is 513. The van der Waals surface area contributed by atoms with Crippen molar-refractivity contribution < 1.29 is 0 Å². The highest BCUT2D eigenvalue weighted by Crippen LogP contribution is 2.40. The molecule has 2 nitrogen and oxygen atoms in total. The summed E-state index contributed by atoms with van der Waals surface area (Å²) in [5, 5.41) is 0. The second-order valence-electron chi connectivity index (χ2n) is 4.69. The molecular weight excluding hydrogens is 208 g/mol. The van der Waals surface area contributed by atoms with Crippen LogP contribution in [-0.2, 0) is 0 Å². The van der Waals surface area contributed by atoms with E-state index < -0.39 is 0 Å². The maximum atomic E-state index is 5.68. The molecule has 1 aliphatic carbocycles. The molecule has 0 spiro atoms. The molecule has 1 aromatic carbocycles. The molecular formula is C15H16N2. The monoisotopic (exact) mass is 224 g/mol. The third kappa shape index (κ3) is 1.91. The van der Waals surface area contributed by atoms with Crippen molar-refractivity contribution in [3.8, 4) is 11.3 Å². The van der Waals surface area contributed by atoms with E-state index in [1.165, 1.54) is 30.4 Å². The normalized spacial score (nSPS) is 15.5. The summed E-state index contributed by atoms with van der Waals surface area (Å²) in [6, 6.07) is 12.5. The maximum absolute atomic E-state index is 5.68. The summed E-state index contributed by atoms with van der Waals surface area (Å²) >= 11 is 0. The lowest BCUT2D eigenvalue weighted by molar-refractivity contribution is 0.420.